The van der Waals surface area contributed by atoms with E-state index in [2.05, 4.69) is 41.4 Å². The van der Waals surface area contributed by atoms with Crippen molar-refractivity contribution < 1.29 is 0 Å². The molecule has 0 spiro atoms. The maximum absolute atomic E-state index is 4.49. The Labute approximate surface area is 110 Å². The molecule has 0 aliphatic rings. The molecule has 0 fully saturated rings. The van der Waals surface area contributed by atoms with E-state index in [4.69, 9.17) is 0 Å². The van der Waals surface area contributed by atoms with Crippen LogP contribution in [-0.2, 0) is 6.54 Å². The molecule has 0 saturated heterocycles. The average Bonchev–Trinajstić information content (AvgIpc) is 2.82. The number of aryl methyl sites for hydroxylation is 3. The molecule has 5 heteroatoms. The molecule has 17 heavy (non-hydrogen) atoms. The first-order chi connectivity index (χ1) is 8.06. The summed E-state index contributed by atoms with van der Waals surface area (Å²) in [6, 6.07) is 0.301. The zero-order valence-electron chi connectivity index (χ0n) is 10.6. The molecule has 0 aliphatic carbocycles. The number of hydrogen-bond acceptors (Lipinski definition) is 5. The van der Waals surface area contributed by atoms with Gasteiger partial charge in [0.25, 0.3) is 0 Å². The summed E-state index contributed by atoms with van der Waals surface area (Å²) < 4.78 is 0. The van der Waals surface area contributed by atoms with Crippen LogP contribution >= 0.6 is 22.7 Å². The molecule has 1 N–H and O–H groups in total. The Morgan fingerprint density at radius 2 is 2.06 bits per heavy atom. The van der Waals surface area contributed by atoms with Gasteiger partial charge in [0, 0.05) is 22.5 Å². The van der Waals surface area contributed by atoms with Gasteiger partial charge >= 0.3 is 0 Å². The van der Waals surface area contributed by atoms with Crippen LogP contribution in [0.1, 0.15) is 39.2 Å². The summed E-state index contributed by atoms with van der Waals surface area (Å²) in [5.41, 5.74) is 2.24. The van der Waals surface area contributed by atoms with Crippen molar-refractivity contribution in [3.63, 3.8) is 0 Å². The minimum Gasteiger partial charge on any atom is -0.303 e. The molecule has 0 amide bonds. The van der Waals surface area contributed by atoms with Crippen molar-refractivity contribution in [2.75, 3.05) is 0 Å². The topological polar surface area (TPSA) is 37.8 Å². The van der Waals surface area contributed by atoms with Crippen LogP contribution in [0.2, 0.25) is 0 Å². The van der Waals surface area contributed by atoms with Gasteiger partial charge in [-0.2, -0.15) is 0 Å². The van der Waals surface area contributed by atoms with Crippen molar-refractivity contribution in [3.05, 3.63) is 31.7 Å². The smallest absolute Gasteiger partial charge is 0.110 e. The van der Waals surface area contributed by atoms with Crippen molar-refractivity contribution in [3.8, 4) is 0 Å². The van der Waals surface area contributed by atoms with Crippen molar-refractivity contribution in [1.29, 1.82) is 0 Å². The molecule has 2 rings (SSSR count). The highest BCUT2D eigenvalue weighted by molar-refractivity contribution is 7.11. The minimum absolute atomic E-state index is 0.301. The highest BCUT2D eigenvalue weighted by Crippen LogP contribution is 2.20. The monoisotopic (exact) mass is 267 g/mol. The fraction of sp³-hybridized carbons (Fsp3) is 0.500. The van der Waals surface area contributed by atoms with E-state index in [9.17, 15) is 0 Å². The van der Waals surface area contributed by atoms with Crippen LogP contribution in [0.5, 0.6) is 0 Å². The fourth-order valence-electron chi connectivity index (χ4n) is 1.64. The molecule has 2 aromatic rings. The van der Waals surface area contributed by atoms with Gasteiger partial charge in [-0.1, -0.05) is 0 Å². The van der Waals surface area contributed by atoms with Crippen LogP contribution in [0.3, 0.4) is 0 Å². The Hall–Kier alpha value is -0.780. The summed E-state index contributed by atoms with van der Waals surface area (Å²) in [5, 5.41) is 7.88. The summed E-state index contributed by atoms with van der Waals surface area (Å²) in [6.45, 7) is 9.18. The first-order valence-electron chi connectivity index (χ1n) is 5.64. The van der Waals surface area contributed by atoms with Gasteiger partial charge in [0.2, 0.25) is 0 Å². The van der Waals surface area contributed by atoms with Crippen LogP contribution in [-0.4, -0.2) is 9.97 Å². The lowest BCUT2D eigenvalue weighted by atomic mass is 10.3. The van der Waals surface area contributed by atoms with Crippen molar-refractivity contribution in [1.82, 2.24) is 15.3 Å². The van der Waals surface area contributed by atoms with Crippen LogP contribution in [0, 0.1) is 20.8 Å². The summed E-state index contributed by atoms with van der Waals surface area (Å²) in [7, 11) is 0. The maximum Gasteiger partial charge on any atom is 0.110 e. The van der Waals surface area contributed by atoms with Gasteiger partial charge < -0.3 is 5.32 Å². The Kier molecular flexibility index (Phi) is 3.91. The molecule has 0 saturated carbocycles. The number of rotatable bonds is 4. The molecular formula is C12H17N3S2. The van der Waals surface area contributed by atoms with Gasteiger partial charge in [0.1, 0.15) is 5.01 Å². The quantitative estimate of drug-likeness (QED) is 0.923. The van der Waals surface area contributed by atoms with Gasteiger partial charge in [-0.05, 0) is 27.7 Å². The Bertz CT molecular complexity index is 502. The SMILES string of the molecule is Cc1csc(C(C)NCc2sc(C)nc2C)n1. The molecule has 0 bridgehead atoms. The molecular weight excluding hydrogens is 250 g/mol. The van der Waals surface area contributed by atoms with E-state index in [0.29, 0.717) is 6.04 Å². The number of hydrogen-bond donors (Lipinski definition) is 1. The van der Waals surface area contributed by atoms with E-state index in [1.807, 2.05) is 6.92 Å². The van der Waals surface area contributed by atoms with E-state index in [1.165, 1.54) is 4.88 Å². The third-order valence-electron chi connectivity index (χ3n) is 2.58. The van der Waals surface area contributed by atoms with Crippen molar-refractivity contribution >= 4 is 22.7 Å². The Balaban J connectivity index is 1.96. The van der Waals surface area contributed by atoms with Gasteiger partial charge in [0.15, 0.2) is 0 Å². The van der Waals surface area contributed by atoms with E-state index >= 15 is 0 Å². The van der Waals surface area contributed by atoms with Gasteiger partial charge in [-0.15, -0.1) is 22.7 Å². The van der Waals surface area contributed by atoms with Crippen molar-refractivity contribution in [2.45, 2.75) is 40.3 Å². The second kappa shape index (κ2) is 5.25. The lowest BCUT2D eigenvalue weighted by Gasteiger charge is -2.10. The van der Waals surface area contributed by atoms with Crippen LogP contribution in [0.4, 0.5) is 0 Å². The summed E-state index contributed by atoms with van der Waals surface area (Å²) in [6.07, 6.45) is 0. The van der Waals surface area contributed by atoms with Crippen LogP contribution in [0.15, 0.2) is 5.38 Å². The molecule has 2 heterocycles. The van der Waals surface area contributed by atoms with Gasteiger partial charge in [0.05, 0.1) is 16.7 Å². The third kappa shape index (κ3) is 3.12. The first kappa shape index (κ1) is 12.7. The normalized spacial score (nSPS) is 12.9. The Morgan fingerprint density at radius 1 is 1.29 bits per heavy atom. The number of nitrogens with zero attached hydrogens (tertiary/aromatic N) is 2. The van der Waals surface area contributed by atoms with Gasteiger partial charge in [-0.3, -0.25) is 0 Å². The first-order valence-corrected chi connectivity index (χ1v) is 7.34. The standard InChI is InChI=1S/C12H17N3S2/c1-7-6-16-12(14-7)9(3)13-5-11-8(2)15-10(4)17-11/h6,9,13H,5H2,1-4H3. The zero-order valence-corrected chi connectivity index (χ0v) is 12.2. The summed E-state index contributed by atoms with van der Waals surface area (Å²) in [5.74, 6) is 0. The van der Waals surface area contributed by atoms with Crippen molar-refractivity contribution in [2.24, 2.45) is 0 Å². The third-order valence-corrected chi connectivity index (χ3v) is 4.79. The molecule has 92 valence electrons. The average molecular weight is 267 g/mol. The zero-order chi connectivity index (χ0) is 12.4. The molecule has 1 unspecified atom stereocenters. The summed E-state index contributed by atoms with van der Waals surface area (Å²) in [4.78, 5) is 10.2. The molecule has 0 radical (unpaired) electrons. The number of aromatic nitrogens is 2. The fourth-order valence-corrected chi connectivity index (χ4v) is 3.36. The second-order valence-electron chi connectivity index (χ2n) is 4.17. The Morgan fingerprint density at radius 3 is 2.59 bits per heavy atom. The van der Waals surface area contributed by atoms with E-state index in [-0.39, 0.29) is 0 Å². The molecule has 0 aromatic carbocycles. The predicted octanol–water partition coefficient (Wildman–Crippen LogP) is 3.38. The van der Waals surface area contributed by atoms with Crippen LogP contribution in [0.25, 0.3) is 0 Å². The lowest BCUT2D eigenvalue weighted by Crippen LogP contribution is -2.17. The maximum atomic E-state index is 4.49. The highest BCUT2D eigenvalue weighted by Gasteiger charge is 2.10. The highest BCUT2D eigenvalue weighted by atomic mass is 32.1. The number of thiazole rings is 2. The molecule has 0 aliphatic heterocycles. The lowest BCUT2D eigenvalue weighted by molar-refractivity contribution is 0.573. The van der Waals surface area contributed by atoms with Gasteiger partial charge in [-0.25, -0.2) is 9.97 Å². The largest absolute Gasteiger partial charge is 0.303 e. The second-order valence-corrected chi connectivity index (χ2v) is 6.35. The predicted molar refractivity (Wildman–Crippen MR) is 73.7 cm³/mol. The minimum atomic E-state index is 0.301. The van der Waals surface area contributed by atoms with Crippen LogP contribution < -0.4 is 5.32 Å². The van der Waals surface area contributed by atoms with E-state index in [1.54, 1.807) is 22.7 Å². The van der Waals surface area contributed by atoms with E-state index in [0.717, 1.165) is 27.9 Å². The molecule has 2 aromatic heterocycles. The van der Waals surface area contributed by atoms with E-state index < -0.39 is 0 Å². The summed E-state index contributed by atoms with van der Waals surface area (Å²) >= 11 is 3.48. The number of nitrogens with one attached hydrogen (secondary N) is 1. The molecule has 3 nitrogen and oxygen atoms in total. The molecule has 1 atom stereocenters.